The van der Waals surface area contributed by atoms with E-state index in [0.717, 1.165) is 38.4 Å². The molecule has 1 aliphatic rings. The molecule has 258 valence electrons. The lowest BCUT2D eigenvalue weighted by Crippen LogP contribution is -2.25. The fraction of sp³-hybridized carbons (Fsp3) is 0.275. The van der Waals surface area contributed by atoms with Crippen molar-refractivity contribution in [3.63, 3.8) is 0 Å². The zero-order valence-corrected chi connectivity index (χ0v) is 30.0. The highest BCUT2D eigenvalue weighted by molar-refractivity contribution is 7.85. The number of fused-ring (bicyclic) bond motifs is 1. The van der Waals surface area contributed by atoms with E-state index in [9.17, 15) is 18.1 Å². The van der Waals surface area contributed by atoms with Crippen LogP contribution in [0.2, 0.25) is 0 Å². The first-order valence-electron chi connectivity index (χ1n) is 16.9. The standard InChI is InChI=1S/C30H41N4.C10H8O4S/c1-6-32(7-2)27-17-11-24(12-18-27)30(25-13-19-28(20-14-25)33(8-3)9-4)26-15-21-29(22-16-26)34(10-5)23-31;11-9-3-1-8-6-10(15(12,13)14)4-2-7(8)5-9/h11-22H,6-10,23,31H2,1-5H3;1-6,11H,(H,12,13,14)/q+1;/p-1. The van der Waals surface area contributed by atoms with E-state index in [1.807, 2.05) is 0 Å². The predicted molar refractivity (Wildman–Crippen MR) is 203 cm³/mol. The number of rotatable bonds is 11. The molecule has 0 radical (unpaired) electrons. The molecule has 0 aromatic heterocycles. The maximum absolute atomic E-state index is 10.7. The molecule has 0 spiro atoms. The Morgan fingerprint density at radius 1 is 0.694 bits per heavy atom. The summed E-state index contributed by atoms with van der Waals surface area (Å²) in [7, 11) is -4.42. The largest absolute Gasteiger partial charge is 0.744 e. The van der Waals surface area contributed by atoms with Gasteiger partial charge in [-0.15, -0.1) is 0 Å². The maximum atomic E-state index is 10.7. The van der Waals surface area contributed by atoms with Gasteiger partial charge < -0.3 is 19.5 Å². The number of nitrogens with zero attached hydrogens (tertiary/aromatic N) is 3. The van der Waals surface area contributed by atoms with Crippen LogP contribution in [0.3, 0.4) is 0 Å². The minimum absolute atomic E-state index is 0.0974. The minimum Gasteiger partial charge on any atom is -0.744 e. The van der Waals surface area contributed by atoms with Crippen LogP contribution in [0.15, 0.2) is 120 Å². The lowest BCUT2D eigenvalue weighted by molar-refractivity contribution is -0.521. The normalized spacial score (nSPS) is 12.5. The number of hydrogen-bond acceptors (Lipinski definition) is 7. The summed E-state index contributed by atoms with van der Waals surface area (Å²) in [6, 6.07) is 26.5. The number of anilines is 2. The van der Waals surface area contributed by atoms with Crippen molar-refractivity contribution < 1.29 is 22.7 Å². The third-order valence-corrected chi connectivity index (χ3v) is 9.61. The number of benzene rings is 4. The molecule has 0 amide bonds. The van der Waals surface area contributed by atoms with Gasteiger partial charge in [-0.2, -0.15) is 0 Å². The summed E-state index contributed by atoms with van der Waals surface area (Å²) in [5.41, 5.74) is 14.5. The van der Waals surface area contributed by atoms with Gasteiger partial charge in [0.05, 0.1) is 4.90 Å². The summed E-state index contributed by atoms with van der Waals surface area (Å²) >= 11 is 0. The van der Waals surface area contributed by atoms with Gasteiger partial charge in [0, 0.05) is 49.7 Å². The fourth-order valence-electron chi connectivity index (χ4n) is 5.98. The van der Waals surface area contributed by atoms with Crippen molar-refractivity contribution in [2.45, 2.75) is 39.5 Å². The van der Waals surface area contributed by atoms with E-state index in [1.54, 1.807) is 6.07 Å². The second-order valence-corrected chi connectivity index (χ2v) is 12.9. The second-order valence-electron chi connectivity index (χ2n) is 11.5. The number of hydrogen-bond donors (Lipinski definition) is 2. The van der Waals surface area contributed by atoms with Gasteiger partial charge in [0.15, 0.2) is 6.67 Å². The molecule has 0 bridgehead atoms. The van der Waals surface area contributed by atoms with Crippen LogP contribution >= 0.6 is 0 Å². The molecule has 5 rings (SSSR count). The van der Waals surface area contributed by atoms with Crippen molar-refractivity contribution in [2.24, 2.45) is 5.73 Å². The highest BCUT2D eigenvalue weighted by Gasteiger charge is 2.15. The molecule has 49 heavy (non-hydrogen) atoms. The Bertz CT molecular complexity index is 1870. The third kappa shape index (κ3) is 9.26. The van der Waals surface area contributed by atoms with Gasteiger partial charge in [-0.1, -0.05) is 36.4 Å². The molecule has 0 heterocycles. The van der Waals surface area contributed by atoms with Gasteiger partial charge in [-0.05, 0) is 128 Å². The van der Waals surface area contributed by atoms with Gasteiger partial charge >= 0.3 is 0 Å². The minimum atomic E-state index is -4.42. The smallest absolute Gasteiger partial charge is 0.201 e. The van der Waals surface area contributed by atoms with Crippen molar-refractivity contribution in [3.8, 4) is 5.75 Å². The highest BCUT2D eigenvalue weighted by atomic mass is 32.2. The molecule has 0 atom stereocenters. The Hall–Kier alpha value is -4.70. The van der Waals surface area contributed by atoms with Crippen LogP contribution in [0.25, 0.3) is 16.3 Å². The van der Waals surface area contributed by atoms with E-state index in [4.69, 9.17) is 5.73 Å². The van der Waals surface area contributed by atoms with Crippen LogP contribution in [0, 0.1) is 0 Å². The number of allylic oxidation sites excluding steroid dienone is 5. The predicted octanol–water partition coefficient (Wildman–Crippen LogP) is 7.15. The van der Waals surface area contributed by atoms with Gasteiger partial charge in [0.2, 0.25) is 5.71 Å². The van der Waals surface area contributed by atoms with Crippen LogP contribution < -0.4 is 15.5 Å². The van der Waals surface area contributed by atoms with E-state index in [1.165, 1.54) is 64.0 Å². The fourth-order valence-corrected chi connectivity index (χ4v) is 6.48. The zero-order valence-electron chi connectivity index (χ0n) is 29.1. The Labute approximate surface area is 291 Å². The van der Waals surface area contributed by atoms with Gasteiger partial charge in [-0.25, -0.2) is 13.0 Å². The average molecular weight is 681 g/mol. The van der Waals surface area contributed by atoms with E-state index >= 15 is 0 Å². The Kier molecular flexibility index (Phi) is 13.0. The van der Waals surface area contributed by atoms with Crippen LogP contribution in [0.1, 0.15) is 45.7 Å². The number of phenols is 1. The second kappa shape index (κ2) is 17.1. The molecule has 0 fully saturated rings. The highest BCUT2D eigenvalue weighted by Crippen LogP contribution is 2.32. The van der Waals surface area contributed by atoms with E-state index in [0.29, 0.717) is 17.4 Å². The lowest BCUT2D eigenvalue weighted by Gasteiger charge is -2.23. The SMILES string of the molecule is CCN(CC)c1ccc(C(=C2C=CC(=[N+](CC)CN)C=C2)c2ccc(N(CC)CC)cc2)cc1.O=S(=O)([O-])c1ccc2cc(O)ccc2c1. The van der Waals surface area contributed by atoms with E-state index in [-0.39, 0.29) is 10.6 Å². The quantitative estimate of drug-likeness (QED) is 0.0983. The molecular weight excluding hydrogens is 633 g/mol. The number of aromatic hydroxyl groups is 1. The topological polar surface area (TPSA) is 113 Å². The molecule has 9 heteroatoms. The number of phenolic OH excluding ortho intramolecular Hbond substituents is 1. The lowest BCUT2D eigenvalue weighted by atomic mass is 9.90. The first kappa shape index (κ1) is 37.1. The van der Waals surface area contributed by atoms with Gasteiger partial charge in [-0.3, -0.25) is 5.73 Å². The van der Waals surface area contributed by atoms with Crippen LogP contribution in [0.5, 0.6) is 5.75 Å². The molecule has 8 nitrogen and oxygen atoms in total. The maximum Gasteiger partial charge on any atom is 0.201 e. The van der Waals surface area contributed by atoms with Gasteiger partial charge in [0.25, 0.3) is 0 Å². The first-order chi connectivity index (χ1) is 23.6. The molecule has 4 aromatic rings. The summed E-state index contributed by atoms with van der Waals surface area (Å²) in [6.07, 6.45) is 8.81. The molecule has 0 saturated carbocycles. The molecular formula is C40H48N4O4S. The zero-order chi connectivity index (χ0) is 35.6. The van der Waals surface area contributed by atoms with Crippen molar-refractivity contribution >= 4 is 43.6 Å². The molecule has 0 saturated heterocycles. The Balaban J connectivity index is 0.000000299. The third-order valence-electron chi connectivity index (χ3n) is 8.78. The van der Waals surface area contributed by atoms with Crippen molar-refractivity contribution in [2.75, 3.05) is 49.2 Å². The van der Waals surface area contributed by atoms with E-state index in [2.05, 4.69) is 122 Å². The summed E-state index contributed by atoms with van der Waals surface area (Å²) in [5.74, 6) is 0.0974. The van der Waals surface area contributed by atoms with Crippen LogP contribution in [0.4, 0.5) is 11.4 Å². The van der Waals surface area contributed by atoms with Crippen LogP contribution in [-0.4, -0.2) is 67.8 Å². The summed E-state index contributed by atoms with van der Waals surface area (Å²) < 4.78 is 34.4. The monoisotopic (exact) mass is 680 g/mol. The van der Waals surface area contributed by atoms with Gasteiger partial charge in [0.1, 0.15) is 22.4 Å². The Morgan fingerprint density at radius 3 is 1.59 bits per heavy atom. The van der Waals surface area contributed by atoms with E-state index < -0.39 is 10.1 Å². The van der Waals surface area contributed by atoms with Crippen molar-refractivity contribution in [1.82, 2.24) is 0 Å². The first-order valence-corrected chi connectivity index (χ1v) is 18.3. The van der Waals surface area contributed by atoms with Crippen molar-refractivity contribution in [3.05, 3.63) is 126 Å². The van der Waals surface area contributed by atoms with Crippen LogP contribution in [-0.2, 0) is 10.1 Å². The molecule has 0 unspecified atom stereocenters. The molecule has 0 aliphatic heterocycles. The molecule has 1 aliphatic carbocycles. The summed E-state index contributed by atoms with van der Waals surface area (Å²) in [5, 5.41) is 10.5. The molecule has 4 aromatic carbocycles. The number of nitrogens with two attached hydrogens (primary N) is 1. The molecule has 3 N–H and O–H groups in total. The summed E-state index contributed by atoms with van der Waals surface area (Å²) in [4.78, 5) is 4.49. The Morgan fingerprint density at radius 2 is 1.16 bits per heavy atom. The average Bonchev–Trinajstić information content (AvgIpc) is 3.11. The van der Waals surface area contributed by atoms with Crippen molar-refractivity contribution in [1.29, 1.82) is 0 Å². The summed E-state index contributed by atoms with van der Waals surface area (Å²) in [6.45, 7) is 16.4.